The molecule has 0 saturated carbocycles. The van der Waals surface area contributed by atoms with Gasteiger partial charge in [0.15, 0.2) is 0 Å². The summed E-state index contributed by atoms with van der Waals surface area (Å²) in [5.41, 5.74) is 4.20. The summed E-state index contributed by atoms with van der Waals surface area (Å²) >= 11 is 0. The van der Waals surface area contributed by atoms with Crippen molar-refractivity contribution < 1.29 is 23.1 Å². The van der Waals surface area contributed by atoms with E-state index in [1.807, 2.05) is 36.5 Å². The zero-order valence-corrected chi connectivity index (χ0v) is 18.9. The van der Waals surface area contributed by atoms with Crippen molar-refractivity contribution in [3.05, 3.63) is 66.2 Å². The number of nitrogens with zero attached hydrogens (tertiary/aromatic N) is 7. The van der Waals surface area contributed by atoms with Crippen LogP contribution in [0.15, 0.2) is 59.1 Å². The lowest BCUT2D eigenvalue weighted by molar-refractivity contribution is 0.116. The third-order valence-corrected chi connectivity index (χ3v) is 6.67. The number of fused-ring (bicyclic) bond motifs is 2. The SMILES string of the molecule is O=C(O)N1C[C@@H]2C[C@H]1CN2c1cccc(-c2cn(Cc3ccc(-c4nnc(C(F)F)o4)cc3)nn2)c1. The number of carboxylic acid groups (broad SMARTS) is 1. The second kappa shape index (κ2) is 8.70. The minimum Gasteiger partial charge on any atom is -0.465 e. The Labute approximate surface area is 203 Å². The number of benzene rings is 2. The number of amides is 1. The van der Waals surface area contributed by atoms with Gasteiger partial charge in [-0.3, -0.25) is 0 Å². The van der Waals surface area contributed by atoms with Gasteiger partial charge in [-0.1, -0.05) is 29.5 Å². The van der Waals surface area contributed by atoms with Gasteiger partial charge in [0.05, 0.1) is 18.8 Å². The van der Waals surface area contributed by atoms with Crippen molar-refractivity contribution in [3.63, 3.8) is 0 Å². The molecule has 0 aliphatic carbocycles. The molecule has 2 aromatic heterocycles. The van der Waals surface area contributed by atoms with Crippen LogP contribution in [0.25, 0.3) is 22.7 Å². The first-order valence-corrected chi connectivity index (χ1v) is 11.4. The van der Waals surface area contributed by atoms with Gasteiger partial charge in [0.1, 0.15) is 5.69 Å². The summed E-state index contributed by atoms with van der Waals surface area (Å²) in [4.78, 5) is 15.2. The van der Waals surface area contributed by atoms with E-state index in [0.717, 1.165) is 28.9 Å². The molecule has 1 amide bonds. The zero-order chi connectivity index (χ0) is 24.8. The number of carbonyl (C=O) groups is 1. The average Bonchev–Trinajstić information content (AvgIpc) is 3.68. The molecule has 2 fully saturated rings. The number of hydrogen-bond donors (Lipinski definition) is 1. The van der Waals surface area contributed by atoms with Crippen LogP contribution < -0.4 is 4.90 Å². The van der Waals surface area contributed by atoms with Gasteiger partial charge in [0, 0.05) is 35.9 Å². The smallest absolute Gasteiger partial charge is 0.407 e. The largest absolute Gasteiger partial charge is 0.465 e. The highest BCUT2D eigenvalue weighted by atomic mass is 19.3. The summed E-state index contributed by atoms with van der Waals surface area (Å²) in [5.74, 6) is -0.658. The van der Waals surface area contributed by atoms with Crippen molar-refractivity contribution in [2.75, 3.05) is 18.0 Å². The number of halogens is 2. The Bertz CT molecular complexity index is 1400. The highest BCUT2D eigenvalue weighted by Crippen LogP contribution is 2.36. The average molecular weight is 493 g/mol. The van der Waals surface area contributed by atoms with E-state index >= 15 is 0 Å². The van der Waals surface area contributed by atoms with Crippen LogP contribution in [0.5, 0.6) is 0 Å². The predicted molar refractivity (Wildman–Crippen MR) is 124 cm³/mol. The summed E-state index contributed by atoms with van der Waals surface area (Å²) in [6, 6.07) is 15.4. The second-order valence-corrected chi connectivity index (χ2v) is 8.93. The van der Waals surface area contributed by atoms with Crippen molar-refractivity contribution in [2.45, 2.75) is 31.5 Å². The van der Waals surface area contributed by atoms with Crippen molar-refractivity contribution in [1.82, 2.24) is 30.1 Å². The topological polar surface area (TPSA) is 113 Å². The molecule has 2 saturated heterocycles. The van der Waals surface area contributed by atoms with Crippen LogP contribution in [0.3, 0.4) is 0 Å². The van der Waals surface area contributed by atoms with E-state index in [-0.39, 0.29) is 18.0 Å². The summed E-state index contributed by atoms with van der Waals surface area (Å²) in [6.45, 7) is 1.69. The van der Waals surface area contributed by atoms with Crippen LogP contribution in [-0.4, -0.2) is 66.5 Å². The summed E-state index contributed by atoms with van der Waals surface area (Å²) in [5, 5.41) is 24.9. The lowest BCUT2D eigenvalue weighted by Gasteiger charge is -2.34. The van der Waals surface area contributed by atoms with Crippen LogP contribution in [0.2, 0.25) is 0 Å². The zero-order valence-electron chi connectivity index (χ0n) is 18.9. The van der Waals surface area contributed by atoms with Crippen LogP contribution in [0.4, 0.5) is 19.3 Å². The van der Waals surface area contributed by atoms with Gasteiger partial charge in [-0.15, -0.1) is 15.3 Å². The molecule has 2 atom stereocenters. The van der Waals surface area contributed by atoms with E-state index in [0.29, 0.717) is 25.2 Å². The Kier molecular flexibility index (Phi) is 5.35. The van der Waals surface area contributed by atoms with Gasteiger partial charge >= 0.3 is 12.5 Å². The molecule has 36 heavy (non-hydrogen) atoms. The fourth-order valence-corrected chi connectivity index (χ4v) is 4.95. The normalized spacial score (nSPS) is 19.0. The number of likely N-dealkylation sites (tertiary alicyclic amines) is 1. The maximum Gasteiger partial charge on any atom is 0.407 e. The molecule has 4 aromatic rings. The first-order valence-electron chi connectivity index (χ1n) is 11.4. The molecule has 1 N–H and O–H groups in total. The standard InChI is InChI=1S/C24H21F2N7O3/c25-21(26)23-29-28-22(36-23)15-6-4-14(5-7-15)10-31-13-20(27-30-31)16-2-1-3-17(8-16)32-11-19-9-18(32)12-33(19)24(34)35/h1-8,13,18-19,21H,9-12H2,(H,34,35)/t18-,19-/m0/s1. The minimum atomic E-state index is -2.81. The fourth-order valence-electron chi connectivity index (χ4n) is 4.95. The van der Waals surface area contributed by atoms with Crippen LogP contribution in [-0.2, 0) is 6.54 Å². The molecular formula is C24H21F2N7O3. The summed E-state index contributed by atoms with van der Waals surface area (Å²) in [7, 11) is 0. The van der Waals surface area contributed by atoms with Crippen LogP contribution in [0, 0.1) is 0 Å². The summed E-state index contributed by atoms with van der Waals surface area (Å²) in [6.07, 6.45) is -0.939. The van der Waals surface area contributed by atoms with E-state index in [9.17, 15) is 18.7 Å². The molecule has 2 aromatic carbocycles. The van der Waals surface area contributed by atoms with Crippen molar-refractivity contribution in [1.29, 1.82) is 0 Å². The van der Waals surface area contributed by atoms with E-state index in [1.54, 1.807) is 16.8 Å². The molecule has 10 nitrogen and oxygen atoms in total. The number of rotatable bonds is 6. The Balaban J connectivity index is 1.14. The van der Waals surface area contributed by atoms with Crippen LogP contribution >= 0.6 is 0 Å². The van der Waals surface area contributed by atoms with Crippen LogP contribution in [0.1, 0.15) is 24.3 Å². The molecule has 0 radical (unpaired) electrons. The Morgan fingerprint density at radius 3 is 2.58 bits per heavy atom. The maximum absolute atomic E-state index is 12.7. The molecular weight excluding hydrogens is 472 g/mol. The maximum atomic E-state index is 12.7. The molecule has 2 aliphatic heterocycles. The lowest BCUT2D eigenvalue weighted by atomic mass is 10.1. The molecule has 2 bridgehead atoms. The Hall–Kier alpha value is -4.35. The molecule has 0 spiro atoms. The molecule has 0 unspecified atom stereocenters. The van der Waals surface area contributed by atoms with Gasteiger partial charge in [-0.05, 0) is 36.2 Å². The molecule has 2 aliphatic rings. The van der Waals surface area contributed by atoms with E-state index in [2.05, 4.69) is 31.5 Å². The first kappa shape index (κ1) is 22.1. The highest BCUT2D eigenvalue weighted by molar-refractivity contribution is 5.69. The fraction of sp³-hybridized carbons (Fsp3) is 0.292. The van der Waals surface area contributed by atoms with Gasteiger partial charge in [0.2, 0.25) is 5.89 Å². The third-order valence-electron chi connectivity index (χ3n) is 6.67. The minimum absolute atomic E-state index is 0.0367. The van der Waals surface area contributed by atoms with Crippen molar-refractivity contribution >= 4 is 11.8 Å². The summed E-state index contributed by atoms with van der Waals surface area (Å²) < 4.78 is 32.0. The van der Waals surface area contributed by atoms with E-state index < -0.39 is 18.4 Å². The highest BCUT2D eigenvalue weighted by Gasteiger charge is 2.45. The van der Waals surface area contributed by atoms with E-state index in [4.69, 9.17) is 4.42 Å². The second-order valence-electron chi connectivity index (χ2n) is 8.93. The Morgan fingerprint density at radius 2 is 1.89 bits per heavy atom. The quantitative estimate of drug-likeness (QED) is 0.430. The van der Waals surface area contributed by atoms with Gasteiger partial charge in [-0.25, -0.2) is 9.48 Å². The number of anilines is 1. The number of piperazine rings is 1. The van der Waals surface area contributed by atoms with Gasteiger partial charge in [0.25, 0.3) is 5.89 Å². The van der Waals surface area contributed by atoms with Crippen molar-refractivity contribution in [2.24, 2.45) is 0 Å². The van der Waals surface area contributed by atoms with Gasteiger partial charge in [-0.2, -0.15) is 8.78 Å². The number of aromatic nitrogens is 5. The molecule has 6 rings (SSSR count). The van der Waals surface area contributed by atoms with E-state index in [1.165, 1.54) is 4.90 Å². The predicted octanol–water partition coefficient (Wildman–Crippen LogP) is 3.92. The first-order chi connectivity index (χ1) is 17.4. The van der Waals surface area contributed by atoms with Crippen molar-refractivity contribution in [3.8, 4) is 22.7 Å². The molecule has 4 heterocycles. The third kappa shape index (κ3) is 4.04. The number of hydrogen-bond acceptors (Lipinski definition) is 7. The number of alkyl halides is 2. The molecule has 184 valence electrons. The molecule has 12 heteroatoms. The monoisotopic (exact) mass is 493 g/mol. The van der Waals surface area contributed by atoms with Gasteiger partial charge < -0.3 is 19.3 Å². The lowest BCUT2D eigenvalue weighted by Crippen LogP contribution is -2.48. The Morgan fingerprint density at radius 1 is 1.06 bits per heavy atom.